The Kier molecular flexibility index (Phi) is 6.75. The van der Waals surface area contributed by atoms with Crippen LogP contribution in [0.4, 0.5) is 27.1 Å². The Balaban J connectivity index is 1.50. The molecular formula is C31H25FN4O9. The first kappa shape index (κ1) is 29.5. The molecule has 1 heterocycles. The van der Waals surface area contributed by atoms with Gasteiger partial charge in [0.2, 0.25) is 11.8 Å². The van der Waals surface area contributed by atoms with Crippen LogP contribution < -0.4 is 9.80 Å². The van der Waals surface area contributed by atoms with Crippen molar-refractivity contribution < 1.29 is 38.5 Å². The number of hydrogen-bond acceptors (Lipinski definition) is 10. The average molecular weight is 617 g/mol. The molecule has 2 amide bonds. The molecule has 0 spiro atoms. The van der Waals surface area contributed by atoms with Gasteiger partial charge < -0.3 is 10.0 Å². The van der Waals surface area contributed by atoms with E-state index in [-0.39, 0.29) is 46.5 Å². The van der Waals surface area contributed by atoms with Crippen LogP contribution in [-0.2, 0) is 19.2 Å². The van der Waals surface area contributed by atoms with Crippen LogP contribution in [0.1, 0.15) is 31.2 Å². The second-order valence-corrected chi connectivity index (χ2v) is 11.7. The highest BCUT2D eigenvalue weighted by Crippen LogP contribution is 2.57. The van der Waals surface area contributed by atoms with Crippen molar-refractivity contribution in [3.63, 3.8) is 0 Å². The summed E-state index contributed by atoms with van der Waals surface area (Å²) >= 11 is 0. The number of allylic oxidation sites excluding steroid dienone is 6. The normalized spacial score (nSPS) is 24.1. The molecule has 1 aliphatic heterocycles. The van der Waals surface area contributed by atoms with E-state index in [9.17, 15) is 48.9 Å². The Morgan fingerprint density at radius 1 is 1.00 bits per heavy atom. The van der Waals surface area contributed by atoms with E-state index in [1.807, 2.05) is 0 Å². The van der Waals surface area contributed by atoms with Gasteiger partial charge in [-0.3, -0.25) is 39.4 Å². The first-order valence-electron chi connectivity index (χ1n) is 13.9. The number of phenols is 1. The number of carbonyl (C=O) groups excluding carboxylic acids is 4. The minimum Gasteiger partial charge on any atom is -0.505 e. The second-order valence-electron chi connectivity index (χ2n) is 11.7. The molecule has 2 aromatic rings. The van der Waals surface area contributed by atoms with E-state index in [0.717, 1.165) is 18.2 Å². The van der Waals surface area contributed by atoms with E-state index in [2.05, 4.69) is 0 Å². The Morgan fingerprint density at radius 2 is 1.64 bits per heavy atom. The van der Waals surface area contributed by atoms with E-state index in [1.165, 1.54) is 44.1 Å². The Labute approximate surface area is 254 Å². The minimum atomic E-state index is -1.11. The highest BCUT2D eigenvalue weighted by Gasteiger charge is 2.57. The molecule has 3 aliphatic carbocycles. The summed E-state index contributed by atoms with van der Waals surface area (Å²) in [6, 6.07) is 5.69. The number of nitro groups is 2. The first-order chi connectivity index (χ1) is 21.2. The molecule has 0 bridgehead atoms. The van der Waals surface area contributed by atoms with Gasteiger partial charge in [0, 0.05) is 54.4 Å². The number of Topliss-reactive ketones (excluding diaryl/α,β-unsaturated/α-hetero) is 1. The van der Waals surface area contributed by atoms with Crippen molar-refractivity contribution in [3.8, 4) is 5.75 Å². The number of aromatic hydroxyl groups is 1. The Bertz CT molecular complexity index is 1860. The van der Waals surface area contributed by atoms with Crippen LogP contribution in [-0.4, -0.2) is 52.4 Å². The van der Waals surface area contributed by atoms with Crippen LogP contribution in [0.15, 0.2) is 64.8 Å². The summed E-state index contributed by atoms with van der Waals surface area (Å²) in [5, 5.41) is 34.6. The molecule has 0 saturated carbocycles. The molecular weight excluding hydrogens is 591 g/mol. The Hall–Kier alpha value is -5.53. The van der Waals surface area contributed by atoms with Crippen LogP contribution in [0, 0.1) is 43.8 Å². The van der Waals surface area contributed by atoms with Gasteiger partial charge >= 0.3 is 11.4 Å². The largest absolute Gasteiger partial charge is 0.505 e. The maximum atomic E-state index is 14.6. The van der Waals surface area contributed by atoms with Gasteiger partial charge in [0.1, 0.15) is 0 Å². The van der Waals surface area contributed by atoms with E-state index in [0.29, 0.717) is 10.5 Å². The lowest BCUT2D eigenvalue weighted by atomic mass is 9.59. The third-order valence-electron chi connectivity index (χ3n) is 9.05. The number of nitro benzene ring substituents is 2. The van der Waals surface area contributed by atoms with Gasteiger partial charge in [-0.05, 0) is 37.8 Å². The molecule has 1 N–H and O–H groups in total. The SMILES string of the molecule is CC1=CC(=O)C2=C(C1=O)[C@@H](c1cccc(F)c1O)C1=CC[C@@H]3C(=O)N(c4cc([N+](=O)[O-])c(N(C)C)c([N+](=O)[O-])c4)C(=O)[C@@H]3[C@@H]1C2. The smallest absolute Gasteiger partial charge is 0.301 e. The number of halogens is 1. The van der Waals surface area contributed by atoms with Crippen molar-refractivity contribution in [1.29, 1.82) is 0 Å². The Morgan fingerprint density at radius 3 is 2.24 bits per heavy atom. The van der Waals surface area contributed by atoms with Gasteiger partial charge in [-0.1, -0.05) is 23.8 Å². The van der Waals surface area contributed by atoms with E-state index in [4.69, 9.17) is 0 Å². The number of anilines is 2. The molecule has 6 rings (SSSR count). The van der Waals surface area contributed by atoms with Gasteiger partial charge in [0.25, 0.3) is 0 Å². The number of rotatable bonds is 5. The molecule has 45 heavy (non-hydrogen) atoms. The summed E-state index contributed by atoms with van der Waals surface area (Å²) < 4.78 is 14.6. The summed E-state index contributed by atoms with van der Waals surface area (Å²) in [6.07, 6.45) is 2.72. The number of phenolic OH excluding ortho intramolecular Hbond substituents is 1. The monoisotopic (exact) mass is 616 g/mol. The van der Waals surface area contributed by atoms with Crippen LogP contribution >= 0.6 is 0 Å². The fraction of sp³-hybridized carbons (Fsp3) is 0.290. The summed E-state index contributed by atoms with van der Waals surface area (Å²) in [7, 11) is 2.77. The maximum absolute atomic E-state index is 14.6. The molecule has 14 heteroatoms. The molecule has 4 aliphatic rings. The molecule has 1 saturated heterocycles. The summed E-state index contributed by atoms with van der Waals surface area (Å²) in [5.74, 6) is -8.14. The zero-order chi connectivity index (χ0) is 32.6. The molecule has 0 unspecified atom stereocenters. The lowest BCUT2D eigenvalue weighted by molar-refractivity contribution is -0.392. The third-order valence-corrected chi connectivity index (χ3v) is 9.05. The van der Waals surface area contributed by atoms with E-state index in [1.54, 1.807) is 6.08 Å². The number of imide groups is 1. The fourth-order valence-electron chi connectivity index (χ4n) is 7.19. The predicted molar refractivity (Wildman–Crippen MR) is 156 cm³/mol. The molecule has 2 aromatic carbocycles. The quantitative estimate of drug-likeness (QED) is 0.169. The summed E-state index contributed by atoms with van der Waals surface area (Å²) in [4.78, 5) is 78.8. The number of amides is 2. The van der Waals surface area contributed by atoms with Crippen molar-refractivity contribution in [2.24, 2.45) is 17.8 Å². The first-order valence-corrected chi connectivity index (χ1v) is 13.9. The highest BCUT2D eigenvalue weighted by molar-refractivity contribution is 6.25. The van der Waals surface area contributed by atoms with Gasteiger partial charge in [-0.15, -0.1) is 0 Å². The average Bonchev–Trinajstić information content (AvgIpc) is 3.25. The predicted octanol–water partition coefficient (Wildman–Crippen LogP) is 4.05. The lowest BCUT2D eigenvalue weighted by Gasteiger charge is -2.42. The number of hydrogen-bond donors (Lipinski definition) is 1. The standard InChI is InChI=1S/C31H25FN4O9/c1-13-9-23(37)19-12-18-15(24(26(19)28(13)38)16-5-4-6-20(32)29(16)39)7-8-17-25(18)31(41)34(30(17)40)14-10-21(35(42)43)27(33(2)3)22(11-14)36(44)45/h4-7,9-11,17-18,24-25,39H,8,12H2,1-3H3/t17-,18+,24+,25-/m0/s1. The van der Waals surface area contributed by atoms with E-state index >= 15 is 0 Å². The molecule has 1 fully saturated rings. The number of fused-ring (bicyclic) bond motifs is 3. The number of ketones is 2. The second kappa shape index (κ2) is 10.3. The van der Waals surface area contributed by atoms with Crippen LogP contribution in [0.3, 0.4) is 0 Å². The molecule has 0 radical (unpaired) electrons. The van der Waals surface area contributed by atoms with Crippen LogP contribution in [0.2, 0.25) is 0 Å². The van der Waals surface area contributed by atoms with Crippen LogP contribution in [0.5, 0.6) is 5.75 Å². The zero-order valence-electron chi connectivity index (χ0n) is 24.1. The maximum Gasteiger partial charge on any atom is 0.301 e. The fourth-order valence-corrected chi connectivity index (χ4v) is 7.19. The molecule has 4 atom stereocenters. The number of para-hydroxylation sites is 1. The van der Waals surface area contributed by atoms with Gasteiger partial charge in [0.05, 0.1) is 27.4 Å². The topological polar surface area (TPSA) is 181 Å². The summed E-state index contributed by atoms with van der Waals surface area (Å²) in [5.41, 5.74) is -1.23. The summed E-state index contributed by atoms with van der Waals surface area (Å²) in [6.45, 7) is 1.47. The van der Waals surface area contributed by atoms with Crippen molar-refractivity contribution in [2.75, 3.05) is 23.9 Å². The lowest BCUT2D eigenvalue weighted by Crippen LogP contribution is -2.39. The van der Waals surface area contributed by atoms with Crippen molar-refractivity contribution in [1.82, 2.24) is 0 Å². The van der Waals surface area contributed by atoms with Crippen molar-refractivity contribution >= 4 is 46.1 Å². The molecule has 13 nitrogen and oxygen atoms in total. The van der Waals surface area contributed by atoms with Gasteiger partial charge in [0.15, 0.2) is 28.8 Å². The number of carbonyl (C=O) groups is 4. The molecule has 0 aromatic heterocycles. The van der Waals surface area contributed by atoms with Crippen LogP contribution in [0.25, 0.3) is 0 Å². The highest BCUT2D eigenvalue weighted by atomic mass is 19.1. The van der Waals surface area contributed by atoms with Crippen molar-refractivity contribution in [2.45, 2.75) is 25.7 Å². The number of nitrogens with zero attached hydrogens (tertiary/aromatic N) is 4. The van der Waals surface area contributed by atoms with Crippen molar-refractivity contribution in [3.05, 3.63) is 96.4 Å². The zero-order valence-corrected chi connectivity index (χ0v) is 24.1. The third kappa shape index (κ3) is 4.27. The van der Waals surface area contributed by atoms with E-state index < -0.39 is 79.8 Å². The minimum absolute atomic E-state index is 0.0102. The number of benzene rings is 2. The molecule has 230 valence electrons. The van der Waals surface area contributed by atoms with Gasteiger partial charge in [-0.25, -0.2) is 9.29 Å². The van der Waals surface area contributed by atoms with Gasteiger partial charge in [-0.2, -0.15) is 0 Å².